The summed E-state index contributed by atoms with van der Waals surface area (Å²) in [5.74, 6) is -0.189. The van der Waals surface area contributed by atoms with Gasteiger partial charge in [-0.1, -0.05) is 44.2 Å². The van der Waals surface area contributed by atoms with E-state index in [2.05, 4.69) is 43.4 Å². The Hall–Kier alpha value is -1.35. The molecule has 1 aromatic carbocycles. The van der Waals surface area contributed by atoms with E-state index in [4.69, 9.17) is 5.11 Å². The van der Waals surface area contributed by atoms with E-state index in [-0.39, 0.29) is 6.42 Å². The highest BCUT2D eigenvalue weighted by molar-refractivity contribution is 5.66. The van der Waals surface area contributed by atoms with E-state index in [1.54, 1.807) is 0 Å². The van der Waals surface area contributed by atoms with E-state index in [1.165, 1.54) is 5.56 Å². The lowest BCUT2D eigenvalue weighted by Gasteiger charge is -2.23. The topological polar surface area (TPSA) is 49.3 Å². The maximum absolute atomic E-state index is 10.4. The van der Waals surface area contributed by atoms with Gasteiger partial charge in [-0.05, 0) is 30.9 Å². The summed E-state index contributed by atoms with van der Waals surface area (Å²) in [6.45, 7) is 5.26. The number of benzene rings is 1. The highest BCUT2D eigenvalue weighted by Crippen LogP contribution is 2.21. The smallest absolute Gasteiger partial charge is 0.303 e. The molecule has 0 aliphatic rings. The Morgan fingerprint density at radius 1 is 1.22 bits per heavy atom. The molecule has 3 heteroatoms. The lowest BCUT2D eigenvalue weighted by atomic mass is 9.96. The second-order valence-corrected chi connectivity index (χ2v) is 4.94. The van der Waals surface area contributed by atoms with Gasteiger partial charge in [-0.2, -0.15) is 0 Å². The van der Waals surface area contributed by atoms with Crippen LogP contribution in [0.25, 0.3) is 0 Å². The second-order valence-electron chi connectivity index (χ2n) is 4.94. The van der Waals surface area contributed by atoms with Gasteiger partial charge < -0.3 is 10.4 Å². The summed E-state index contributed by atoms with van der Waals surface area (Å²) in [7, 11) is 0. The molecular formula is C15H23NO2. The molecule has 1 aromatic rings. The van der Waals surface area contributed by atoms with Gasteiger partial charge in [0.25, 0.3) is 0 Å². The van der Waals surface area contributed by atoms with Gasteiger partial charge in [0.15, 0.2) is 0 Å². The Morgan fingerprint density at radius 2 is 1.89 bits per heavy atom. The number of carboxylic acids is 1. The van der Waals surface area contributed by atoms with Crippen molar-refractivity contribution < 1.29 is 9.90 Å². The predicted octanol–water partition coefficient (Wildman–Crippen LogP) is 3.23. The number of nitrogens with one attached hydrogen (secondary N) is 1. The van der Waals surface area contributed by atoms with Crippen molar-refractivity contribution in [3.63, 3.8) is 0 Å². The van der Waals surface area contributed by atoms with Crippen molar-refractivity contribution in [3.8, 4) is 0 Å². The zero-order valence-corrected chi connectivity index (χ0v) is 11.2. The van der Waals surface area contributed by atoms with Gasteiger partial charge in [0.05, 0.1) is 0 Å². The number of aliphatic carboxylic acids is 1. The predicted molar refractivity (Wildman–Crippen MR) is 73.5 cm³/mol. The molecule has 0 radical (unpaired) electrons. The molecule has 0 aliphatic carbocycles. The molecule has 2 N–H and O–H groups in total. The van der Waals surface area contributed by atoms with Crippen LogP contribution in [-0.2, 0) is 4.79 Å². The van der Waals surface area contributed by atoms with E-state index in [0.717, 1.165) is 19.4 Å². The minimum atomic E-state index is -0.710. The van der Waals surface area contributed by atoms with Crippen molar-refractivity contribution in [3.05, 3.63) is 35.9 Å². The fraction of sp³-hybridized carbons (Fsp3) is 0.533. The first-order valence-electron chi connectivity index (χ1n) is 6.61. The van der Waals surface area contributed by atoms with Crippen LogP contribution in [0.5, 0.6) is 0 Å². The van der Waals surface area contributed by atoms with Crippen LogP contribution in [0, 0.1) is 5.92 Å². The van der Waals surface area contributed by atoms with Gasteiger partial charge in [-0.25, -0.2) is 0 Å². The van der Waals surface area contributed by atoms with E-state index < -0.39 is 5.97 Å². The Labute approximate surface area is 109 Å². The standard InChI is InChI=1S/C15H23NO2/c1-12(2)15(13-8-4-3-5-9-13)16-11-7-6-10-14(17)18/h3-5,8-9,12,15-16H,6-7,10-11H2,1-2H3,(H,17,18). The van der Waals surface area contributed by atoms with Gasteiger partial charge in [-0.15, -0.1) is 0 Å². The number of carboxylic acid groups (broad SMARTS) is 1. The van der Waals surface area contributed by atoms with Gasteiger partial charge in [0.2, 0.25) is 0 Å². The van der Waals surface area contributed by atoms with E-state index in [0.29, 0.717) is 12.0 Å². The summed E-state index contributed by atoms with van der Waals surface area (Å²) in [5, 5.41) is 12.1. The van der Waals surface area contributed by atoms with Crippen molar-refractivity contribution in [1.29, 1.82) is 0 Å². The number of carbonyl (C=O) groups is 1. The highest BCUT2D eigenvalue weighted by atomic mass is 16.4. The molecule has 1 atom stereocenters. The van der Waals surface area contributed by atoms with Crippen LogP contribution in [0.2, 0.25) is 0 Å². The van der Waals surface area contributed by atoms with Crippen LogP contribution >= 0.6 is 0 Å². The Bertz CT molecular complexity index is 349. The van der Waals surface area contributed by atoms with Crippen molar-refractivity contribution in [2.24, 2.45) is 5.92 Å². The first kappa shape index (κ1) is 14.7. The zero-order chi connectivity index (χ0) is 13.4. The van der Waals surface area contributed by atoms with E-state index >= 15 is 0 Å². The molecule has 0 aliphatic heterocycles. The molecule has 0 saturated heterocycles. The van der Waals surface area contributed by atoms with E-state index in [9.17, 15) is 4.79 Å². The molecule has 0 fully saturated rings. The SMILES string of the molecule is CC(C)C(NCCCCC(=O)O)c1ccccc1. The molecule has 1 rings (SSSR count). The molecule has 0 saturated carbocycles. The van der Waals surface area contributed by atoms with Crippen LogP contribution in [0.15, 0.2) is 30.3 Å². The third-order valence-corrected chi connectivity index (χ3v) is 3.01. The van der Waals surface area contributed by atoms with Crippen LogP contribution < -0.4 is 5.32 Å². The molecule has 18 heavy (non-hydrogen) atoms. The number of unbranched alkanes of at least 4 members (excludes halogenated alkanes) is 1. The summed E-state index contributed by atoms with van der Waals surface area (Å²) in [6, 6.07) is 10.7. The maximum atomic E-state index is 10.4. The number of hydrogen-bond acceptors (Lipinski definition) is 2. The van der Waals surface area contributed by atoms with Crippen molar-refractivity contribution in [1.82, 2.24) is 5.32 Å². The normalized spacial score (nSPS) is 12.6. The van der Waals surface area contributed by atoms with Crippen LogP contribution in [0.3, 0.4) is 0 Å². The highest BCUT2D eigenvalue weighted by Gasteiger charge is 2.14. The Morgan fingerprint density at radius 3 is 2.44 bits per heavy atom. The molecule has 100 valence electrons. The molecule has 0 spiro atoms. The van der Waals surface area contributed by atoms with Gasteiger partial charge in [-0.3, -0.25) is 4.79 Å². The molecule has 0 heterocycles. The van der Waals surface area contributed by atoms with Gasteiger partial charge in [0, 0.05) is 12.5 Å². The molecule has 3 nitrogen and oxygen atoms in total. The number of rotatable bonds is 8. The number of hydrogen-bond donors (Lipinski definition) is 2. The third kappa shape index (κ3) is 5.32. The Balaban J connectivity index is 2.38. The fourth-order valence-electron chi connectivity index (χ4n) is 2.06. The van der Waals surface area contributed by atoms with E-state index in [1.807, 2.05) is 6.07 Å². The zero-order valence-electron chi connectivity index (χ0n) is 11.2. The average molecular weight is 249 g/mol. The first-order valence-corrected chi connectivity index (χ1v) is 6.61. The van der Waals surface area contributed by atoms with Crippen LogP contribution in [-0.4, -0.2) is 17.6 Å². The van der Waals surface area contributed by atoms with Crippen molar-refractivity contribution in [2.75, 3.05) is 6.54 Å². The molecular weight excluding hydrogens is 226 g/mol. The molecule has 1 unspecified atom stereocenters. The first-order chi connectivity index (χ1) is 8.61. The van der Waals surface area contributed by atoms with Crippen LogP contribution in [0.1, 0.15) is 44.7 Å². The average Bonchev–Trinajstić information content (AvgIpc) is 2.34. The lowest BCUT2D eigenvalue weighted by Crippen LogP contribution is -2.26. The van der Waals surface area contributed by atoms with Gasteiger partial charge >= 0.3 is 5.97 Å². The largest absolute Gasteiger partial charge is 0.481 e. The lowest BCUT2D eigenvalue weighted by molar-refractivity contribution is -0.137. The molecule has 0 aromatic heterocycles. The van der Waals surface area contributed by atoms with Crippen molar-refractivity contribution in [2.45, 2.75) is 39.2 Å². The third-order valence-electron chi connectivity index (χ3n) is 3.01. The summed E-state index contributed by atoms with van der Waals surface area (Å²) < 4.78 is 0. The Kier molecular flexibility index (Phi) is 6.44. The van der Waals surface area contributed by atoms with Crippen molar-refractivity contribution >= 4 is 5.97 Å². The summed E-state index contributed by atoms with van der Waals surface area (Å²) in [4.78, 5) is 10.4. The van der Waals surface area contributed by atoms with Crippen LogP contribution in [0.4, 0.5) is 0 Å². The van der Waals surface area contributed by atoms with Gasteiger partial charge in [0.1, 0.15) is 0 Å². The fourth-order valence-corrected chi connectivity index (χ4v) is 2.06. The minimum Gasteiger partial charge on any atom is -0.481 e. The molecule has 0 amide bonds. The minimum absolute atomic E-state index is 0.263. The monoisotopic (exact) mass is 249 g/mol. The second kappa shape index (κ2) is 7.88. The quantitative estimate of drug-likeness (QED) is 0.695. The summed E-state index contributed by atoms with van der Waals surface area (Å²) >= 11 is 0. The molecule has 0 bridgehead atoms. The summed E-state index contributed by atoms with van der Waals surface area (Å²) in [6.07, 6.45) is 1.91. The maximum Gasteiger partial charge on any atom is 0.303 e. The summed E-state index contributed by atoms with van der Waals surface area (Å²) in [5.41, 5.74) is 1.30.